The average molecular weight is 225 g/mol. The van der Waals surface area contributed by atoms with Crippen molar-refractivity contribution in [3.8, 4) is 0 Å². The Kier molecular flexibility index (Phi) is 4.39. The molecule has 0 atom stereocenters. The van der Waals surface area contributed by atoms with Crippen molar-refractivity contribution in [1.29, 1.82) is 0 Å². The molecule has 0 saturated carbocycles. The summed E-state index contributed by atoms with van der Waals surface area (Å²) in [5, 5.41) is 0. The number of aromatic nitrogens is 3. The Labute approximate surface area is 95.5 Å². The van der Waals surface area contributed by atoms with Gasteiger partial charge in [-0.25, -0.2) is 0 Å². The standard InChI is InChI=1S/C9H19N7/c1-15(2)9-13-7(12-8(11)14-9)6-16(3)5-4-10/h4-6,10H2,1-3H3,(H2,11,12,13,14). The van der Waals surface area contributed by atoms with Crippen LogP contribution in [-0.4, -0.2) is 54.1 Å². The van der Waals surface area contributed by atoms with E-state index in [1.807, 2.05) is 26.0 Å². The summed E-state index contributed by atoms with van der Waals surface area (Å²) in [5.74, 6) is 1.48. The van der Waals surface area contributed by atoms with Crippen molar-refractivity contribution in [2.75, 3.05) is 44.9 Å². The van der Waals surface area contributed by atoms with Gasteiger partial charge in [-0.3, -0.25) is 4.90 Å². The summed E-state index contributed by atoms with van der Waals surface area (Å²) < 4.78 is 0. The molecule has 0 amide bonds. The molecule has 7 nitrogen and oxygen atoms in total. The van der Waals surface area contributed by atoms with Crippen molar-refractivity contribution in [3.05, 3.63) is 5.82 Å². The molecule has 0 fully saturated rings. The van der Waals surface area contributed by atoms with Crippen molar-refractivity contribution in [2.45, 2.75) is 6.54 Å². The van der Waals surface area contributed by atoms with Crippen LogP contribution in [0.2, 0.25) is 0 Å². The molecular formula is C9H19N7. The number of hydrogen-bond acceptors (Lipinski definition) is 7. The van der Waals surface area contributed by atoms with Gasteiger partial charge in [0.15, 0.2) is 0 Å². The molecule has 0 unspecified atom stereocenters. The van der Waals surface area contributed by atoms with E-state index in [-0.39, 0.29) is 5.95 Å². The fraction of sp³-hybridized carbons (Fsp3) is 0.667. The van der Waals surface area contributed by atoms with Crippen LogP contribution in [-0.2, 0) is 6.54 Å². The topological polar surface area (TPSA) is 97.2 Å². The van der Waals surface area contributed by atoms with Gasteiger partial charge >= 0.3 is 0 Å². The normalized spacial score (nSPS) is 10.8. The highest BCUT2D eigenvalue weighted by molar-refractivity contribution is 5.32. The fourth-order valence-electron chi connectivity index (χ4n) is 1.24. The monoisotopic (exact) mass is 225 g/mol. The second-order valence-corrected chi connectivity index (χ2v) is 3.83. The summed E-state index contributed by atoms with van der Waals surface area (Å²) in [6, 6.07) is 0. The quantitative estimate of drug-likeness (QED) is 0.657. The molecule has 7 heteroatoms. The van der Waals surface area contributed by atoms with Crippen molar-refractivity contribution in [3.63, 3.8) is 0 Å². The number of nitrogens with two attached hydrogens (primary N) is 2. The molecule has 0 saturated heterocycles. The maximum absolute atomic E-state index is 5.61. The lowest BCUT2D eigenvalue weighted by molar-refractivity contribution is 0.327. The zero-order valence-electron chi connectivity index (χ0n) is 10.0. The van der Waals surface area contributed by atoms with Crippen molar-refractivity contribution in [2.24, 2.45) is 5.73 Å². The Hall–Kier alpha value is -1.47. The lowest BCUT2D eigenvalue weighted by atomic mass is 10.5. The van der Waals surface area contributed by atoms with Crippen LogP contribution in [0.15, 0.2) is 0 Å². The van der Waals surface area contributed by atoms with Crippen LogP contribution in [0.4, 0.5) is 11.9 Å². The van der Waals surface area contributed by atoms with Crippen LogP contribution >= 0.6 is 0 Å². The number of nitrogen functional groups attached to an aromatic ring is 1. The largest absolute Gasteiger partial charge is 0.368 e. The molecule has 0 aromatic carbocycles. The fourth-order valence-corrected chi connectivity index (χ4v) is 1.24. The number of hydrogen-bond donors (Lipinski definition) is 2. The van der Waals surface area contributed by atoms with Gasteiger partial charge in [0.2, 0.25) is 11.9 Å². The Morgan fingerprint density at radius 2 is 1.81 bits per heavy atom. The van der Waals surface area contributed by atoms with Gasteiger partial charge in [0.1, 0.15) is 5.82 Å². The minimum Gasteiger partial charge on any atom is -0.368 e. The van der Waals surface area contributed by atoms with E-state index in [1.54, 1.807) is 4.90 Å². The summed E-state index contributed by atoms with van der Waals surface area (Å²) in [4.78, 5) is 16.2. The highest BCUT2D eigenvalue weighted by Gasteiger charge is 2.07. The Balaban J connectivity index is 2.80. The van der Waals surface area contributed by atoms with E-state index in [0.29, 0.717) is 24.9 Å². The van der Waals surface area contributed by atoms with Crippen molar-refractivity contribution >= 4 is 11.9 Å². The van der Waals surface area contributed by atoms with Crippen LogP contribution < -0.4 is 16.4 Å². The van der Waals surface area contributed by atoms with Gasteiger partial charge < -0.3 is 16.4 Å². The molecule has 1 aromatic heterocycles. The SMILES string of the molecule is CN(CCN)Cc1nc(N)nc(N(C)C)n1. The molecule has 90 valence electrons. The first kappa shape index (κ1) is 12.6. The molecule has 16 heavy (non-hydrogen) atoms. The summed E-state index contributed by atoms with van der Waals surface area (Å²) in [5.41, 5.74) is 11.1. The predicted molar refractivity (Wildman–Crippen MR) is 64.0 cm³/mol. The second-order valence-electron chi connectivity index (χ2n) is 3.83. The molecule has 0 aliphatic rings. The zero-order valence-corrected chi connectivity index (χ0v) is 10.0. The third-order valence-corrected chi connectivity index (χ3v) is 2.01. The van der Waals surface area contributed by atoms with E-state index in [2.05, 4.69) is 15.0 Å². The molecule has 0 bridgehead atoms. The van der Waals surface area contributed by atoms with E-state index in [1.165, 1.54) is 0 Å². The molecule has 1 aromatic rings. The second kappa shape index (κ2) is 5.57. The lowest BCUT2D eigenvalue weighted by Gasteiger charge is -2.16. The van der Waals surface area contributed by atoms with E-state index in [0.717, 1.165) is 6.54 Å². The van der Waals surface area contributed by atoms with Gasteiger partial charge in [-0.2, -0.15) is 15.0 Å². The highest BCUT2D eigenvalue weighted by atomic mass is 15.3. The predicted octanol–water partition coefficient (Wildman–Crippen LogP) is -1.09. The van der Waals surface area contributed by atoms with Crippen molar-refractivity contribution < 1.29 is 0 Å². The molecular weight excluding hydrogens is 206 g/mol. The number of rotatable bonds is 5. The van der Waals surface area contributed by atoms with Gasteiger partial charge in [0.05, 0.1) is 6.54 Å². The molecule has 0 aliphatic carbocycles. The van der Waals surface area contributed by atoms with E-state index in [4.69, 9.17) is 11.5 Å². The van der Waals surface area contributed by atoms with Gasteiger partial charge in [-0.05, 0) is 7.05 Å². The summed E-state index contributed by atoms with van der Waals surface area (Å²) in [6.45, 7) is 2.02. The summed E-state index contributed by atoms with van der Waals surface area (Å²) >= 11 is 0. The molecule has 1 heterocycles. The molecule has 1 rings (SSSR count). The van der Waals surface area contributed by atoms with Crippen molar-refractivity contribution in [1.82, 2.24) is 19.9 Å². The van der Waals surface area contributed by atoms with Crippen LogP contribution in [0, 0.1) is 0 Å². The van der Waals surface area contributed by atoms with Crippen LogP contribution in [0.1, 0.15) is 5.82 Å². The maximum Gasteiger partial charge on any atom is 0.229 e. The Morgan fingerprint density at radius 1 is 1.12 bits per heavy atom. The summed E-state index contributed by atoms with van der Waals surface area (Å²) in [7, 11) is 5.69. The lowest BCUT2D eigenvalue weighted by Crippen LogP contribution is -2.26. The first-order chi connectivity index (χ1) is 7.52. The minimum atomic E-state index is 0.245. The van der Waals surface area contributed by atoms with E-state index in [9.17, 15) is 0 Å². The molecule has 0 spiro atoms. The van der Waals surface area contributed by atoms with Crippen LogP contribution in [0.3, 0.4) is 0 Å². The number of likely N-dealkylation sites (N-methyl/N-ethyl adjacent to an activating group) is 1. The van der Waals surface area contributed by atoms with E-state index < -0.39 is 0 Å². The average Bonchev–Trinajstić information content (AvgIpc) is 2.16. The van der Waals surface area contributed by atoms with Gasteiger partial charge in [-0.15, -0.1) is 0 Å². The number of nitrogens with zero attached hydrogens (tertiary/aromatic N) is 5. The van der Waals surface area contributed by atoms with Gasteiger partial charge in [-0.1, -0.05) is 0 Å². The molecule has 0 radical (unpaired) electrons. The van der Waals surface area contributed by atoms with Gasteiger partial charge in [0, 0.05) is 27.2 Å². The first-order valence-corrected chi connectivity index (χ1v) is 5.09. The maximum atomic E-state index is 5.61. The summed E-state index contributed by atoms with van der Waals surface area (Å²) in [6.07, 6.45) is 0. The third kappa shape index (κ3) is 3.59. The van der Waals surface area contributed by atoms with E-state index >= 15 is 0 Å². The van der Waals surface area contributed by atoms with Crippen LogP contribution in [0.5, 0.6) is 0 Å². The molecule has 4 N–H and O–H groups in total. The Morgan fingerprint density at radius 3 is 2.38 bits per heavy atom. The third-order valence-electron chi connectivity index (χ3n) is 2.01. The highest BCUT2D eigenvalue weighted by Crippen LogP contribution is 2.06. The Bertz CT molecular complexity index is 339. The smallest absolute Gasteiger partial charge is 0.229 e. The molecule has 0 aliphatic heterocycles. The zero-order chi connectivity index (χ0) is 12.1. The van der Waals surface area contributed by atoms with Crippen LogP contribution in [0.25, 0.3) is 0 Å². The van der Waals surface area contributed by atoms with Gasteiger partial charge in [0.25, 0.3) is 0 Å². The number of anilines is 2. The minimum absolute atomic E-state index is 0.245. The first-order valence-electron chi connectivity index (χ1n) is 5.09.